The zero-order valence-electron chi connectivity index (χ0n) is 18.1. The molecule has 7 nitrogen and oxygen atoms in total. The van der Waals surface area contributed by atoms with Crippen LogP contribution in [-0.2, 0) is 14.3 Å². The molecule has 0 bridgehead atoms. The molecule has 166 valence electrons. The van der Waals surface area contributed by atoms with Crippen molar-refractivity contribution < 1.29 is 19.1 Å². The van der Waals surface area contributed by atoms with Crippen molar-refractivity contribution >= 4 is 46.7 Å². The smallest absolute Gasteiger partial charge is 0.325 e. The third-order valence-corrected chi connectivity index (χ3v) is 6.05. The molecule has 2 aliphatic heterocycles. The van der Waals surface area contributed by atoms with Crippen molar-refractivity contribution in [3.63, 3.8) is 0 Å². The fourth-order valence-electron chi connectivity index (χ4n) is 3.90. The molecule has 0 aliphatic carbocycles. The van der Waals surface area contributed by atoms with Crippen molar-refractivity contribution in [1.82, 2.24) is 4.90 Å². The summed E-state index contributed by atoms with van der Waals surface area (Å²) in [6, 6.07) is 15.1. The molecule has 0 unspecified atom stereocenters. The Morgan fingerprint density at radius 3 is 2.22 bits per heavy atom. The highest BCUT2D eigenvalue weighted by Gasteiger charge is 2.40. The number of hydrogen-bond acceptors (Lipinski definition) is 6. The number of amides is 1. The predicted molar refractivity (Wildman–Crippen MR) is 128 cm³/mol. The van der Waals surface area contributed by atoms with E-state index in [-0.39, 0.29) is 17.6 Å². The van der Waals surface area contributed by atoms with Gasteiger partial charge in [-0.1, -0.05) is 12.1 Å². The fourth-order valence-corrected chi connectivity index (χ4v) is 4.25. The molecule has 2 aromatic carbocycles. The maximum Gasteiger partial charge on any atom is 0.325 e. The molecule has 32 heavy (non-hydrogen) atoms. The fraction of sp³-hybridized carbons (Fsp3) is 0.292. The molecule has 2 saturated heterocycles. The second kappa shape index (κ2) is 9.40. The van der Waals surface area contributed by atoms with Crippen LogP contribution in [0, 0.1) is 0 Å². The van der Waals surface area contributed by atoms with Crippen LogP contribution in [0.5, 0.6) is 5.75 Å². The van der Waals surface area contributed by atoms with Gasteiger partial charge in [-0.05, 0) is 73.1 Å². The first-order valence-corrected chi connectivity index (χ1v) is 10.9. The van der Waals surface area contributed by atoms with Gasteiger partial charge in [-0.3, -0.25) is 14.5 Å². The topological polar surface area (TPSA) is 62.3 Å². The Morgan fingerprint density at radius 1 is 1.00 bits per heavy atom. The van der Waals surface area contributed by atoms with E-state index in [1.54, 1.807) is 37.5 Å². The van der Waals surface area contributed by atoms with Crippen LogP contribution in [0.25, 0.3) is 6.08 Å². The number of methoxy groups -OCH3 is 2. The summed E-state index contributed by atoms with van der Waals surface area (Å²) in [7, 11) is 2.89. The third-order valence-electron chi connectivity index (χ3n) is 5.65. The molecule has 1 amide bonds. The Labute approximate surface area is 192 Å². The maximum atomic E-state index is 13.4. The van der Waals surface area contributed by atoms with Crippen molar-refractivity contribution in [2.45, 2.75) is 12.8 Å². The van der Waals surface area contributed by atoms with E-state index in [0.717, 1.165) is 18.7 Å². The summed E-state index contributed by atoms with van der Waals surface area (Å²) < 4.78 is 10.0. The molecule has 0 aromatic heterocycles. The van der Waals surface area contributed by atoms with Gasteiger partial charge in [-0.2, -0.15) is 0 Å². The van der Waals surface area contributed by atoms with Gasteiger partial charge in [0.2, 0.25) is 0 Å². The standard InChI is InChI=1S/C24H25N3O4S/c1-30-20-11-9-19(10-12-20)27-23(29)21(26(24(27)32)16-22(28)31-2)15-17-5-7-18(8-6-17)25-13-3-4-14-25/h5-12,15H,3-4,13-14,16H2,1-2H3/b21-15-. The van der Waals surface area contributed by atoms with Crippen molar-refractivity contribution in [2.75, 3.05) is 43.7 Å². The normalized spacial score (nSPS) is 17.4. The van der Waals surface area contributed by atoms with Crippen molar-refractivity contribution in [2.24, 2.45) is 0 Å². The quantitative estimate of drug-likeness (QED) is 0.379. The number of esters is 1. The van der Waals surface area contributed by atoms with Crippen LogP contribution in [0.2, 0.25) is 0 Å². The zero-order valence-corrected chi connectivity index (χ0v) is 18.9. The summed E-state index contributed by atoms with van der Waals surface area (Å²) in [6.07, 6.45) is 4.18. The van der Waals surface area contributed by atoms with Crippen molar-refractivity contribution in [3.8, 4) is 5.75 Å². The zero-order chi connectivity index (χ0) is 22.7. The molecule has 0 N–H and O–H groups in total. The highest BCUT2D eigenvalue weighted by atomic mass is 32.1. The Bertz CT molecular complexity index is 1040. The second-order valence-corrected chi connectivity index (χ2v) is 7.96. The highest BCUT2D eigenvalue weighted by molar-refractivity contribution is 7.80. The molecule has 0 saturated carbocycles. The second-order valence-electron chi connectivity index (χ2n) is 7.60. The van der Waals surface area contributed by atoms with E-state index in [1.807, 2.05) is 12.1 Å². The van der Waals surface area contributed by atoms with Crippen LogP contribution in [0.1, 0.15) is 18.4 Å². The number of hydrogen-bond donors (Lipinski definition) is 0. The van der Waals surface area contributed by atoms with Gasteiger partial charge in [-0.25, -0.2) is 0 Å². The number of thiocarbonyl (C=S) groups is 1. The van der Waals surface area contributed by atoms with Gasteiger partial charge < -0.3 is 19.3 Å². The minimum Gasteiger partial charge on any atom is -0.497 e. The van der Waals surface area contributed by atoms with Crippen LogP contribution < -0.4 is 14.5 Å². The number of anilines is 2. The maximum absolute atomic E-state index is 13.4. The summed E-state index contributed by atoms with van der Waals surface area (Å²) >= 11 is 5.58. The molecule has 4 rings (SSSR count). The van der Waals surface area contributed by atoms with E-state index in [1.165, 1.54) is 35.4 Å². The van der Waals surface area contributed by atoms with Gasteiger partial charge >= 0.3 is 5.97 Å². The largest absolute Gasteiger partial charge is 0.497 e. The van der Waals surface area contributed by atoms with Gasteiger partial charge in [0.05, 0.1) is 19.9 Å². The summed E-state index contributed by atoms with van der Waals surface area (Å²) in [5, 5.41) is 0.227. The Morgan fingerprint density at radius 2 is 1.62 bits per heavy atom. The Balaban J connectivity index is 1.66. The monoisotopic (exact) mass is 451 g/mol. The minimum atomic E-state index is -0.480. The van der Waals surface area contributed by atoms with E-state index >= 15 is 0 Å². The number of rotatable bonds is 6. The van der Waals surface area contributed by atoms with Crippen molar-refractivity contribution in [3.05, 3.63) is 59.8 Å². The first-order chi connectivity index (χ1) is 15.5. The Kier molecular flexibility index (Phi) is 6.41. The molecule has 2 aliphatic rings. The van der Waals surface area contributed by atoms with E-state index in [2.05, 4.69) is 17.0 Å². The van der Waals surface area contributed by atoms with E-state index in [0.29, 0.717) is 17.1 Å². The van der Waals surface area contributed by atoms with E-state index in [9.17, 15) is 9.59 Å². The molecule has 0 atom stereocenters. The van der Waals surface area contributed by atoms with Gasteiger partial charge in [0.1, 0.15) is 18.0 Å². The number of nitrogens with zero attached hydrogens (tertiary/aromatic N) is 3. The van der Waals surface area contributed by atoms with Crippen LogP contribution >= 0.6 is 12.2 Å². The predicted octanol–water partition coefficient (Wildman–Crippen LogP) is 3.44. The molecule has 2 aromatic rings. The SMILES string of the molecule is COC(=O)CN1C(=S)N(c2ccc(OC)cc2)C(=O)/C1=C/c1ccc(N2CCCC2)cc1. The summed E-state index contributed by atoms with van der Waals surface area (Å²) in [6.45, 7) is 1.99. The van der Waals surface area contributed by atoms with Crippen LogP contribution in [-0.4, -0.2) is 55.7 Å². The third kappa shape index (κ3) is 4.31. The number of ether oxygens (including phenoxy) is 2. The Hall–Kier alpha value is -3.39. The first kappa shape index (κ1) is 21.8. The molecule has 0 spiro atoms. The van der Waals surface area contributed by atoms with E-state index in [4.69, 9.17) is 21.7 Å². The van der Waals surface area contributed by atoms with Gasteiger partial charge in [0.15, 0.2) is 5.11 Å². The van der Waals surface area contributed by atoms with Crippen LogP contribution in [0.4, 0.5) is 11.4 Å². The van der Waals surface area contributed by atoms with Crippen molar-refractivity contribution in [1.29, 1.82) is 0 Å². The molecule has 8 heteroatoms. The summed E-state index contributed by atoms with van der Waals surface area (Å²) in [5.74, 6) is -0.105. The van der Waals surface area contributed by atoms with Gasteiger partial charge in [0, 0.05) is 18.8 Å². The molecular weight excluding hydrogens is 426 g/mol. The van der Waals surface area contributed by atoms with Gasteiger partial charge in [-0.15, -0.1) is 0 Å². The lowest BCUT2D eigenvalue weighted by Gasteiger charge is -2.19. The molecule has 2 fully saturated rings. The van der Waals surface area contributed by atoms with Crippen LogP contribution in [0.15, 0.2) is 54.2 Å². The average molecular weight is 452 g/mol. The highest BCUT2D eigenvalue weighted by Crippen LogP contribution is 2.30. The summed E-state index contributed by atoms with van der Waals surface area (Å²) in [5.41, 5.74) is 2.95. The van der Waals surface area contributed by atoms with Crippen LogP contribution in [0.3, 0.4) is 0 Å². The number of carbonyl (C=O) groups excluding carboxylic acids is 2. The number of benzene rings is 2. The first-order valence-electron chi connectivity index (χ1n) is 10.5. The lowest BCUT2D eigenvalue weighted by molar-refractivity contribution is -0.140. The van der Waals surface area contributed by atoms with E-state index < -0.39 is 5.97 Å². The lowest BCUT2D eigenvalue weighted by atomic mass is 10.1. The lowest BCUT2D eigenvalue weighted by Crippen LogP contribution is -2.35. The summed E-state index contributed by atoms with van der Waals surface area (Å²) in [4.78, 5) is 30.7. The molecule has 2 heterocycles. The average Bonchev–Trinajstić information content (AvgIpc) is 3.43. The number of carbonyl (C=O) groups is 2. The molecular formula is C24H25N3O4S. The molecule has 0 radical (unpaired) electrons. The minimum absolute atomic E-state index is 0.147. The van der Waals surface area contributed by atoms with Gasteiger partial charge in [0.25, 0.3) is 5.91 Å².